The predicted molar refractivity (Wildman–Crippen MR) is 71.6 cm³/mol. The highest BCUT2D eigenvalue weighted by Crippen LogP contribution is 2.28. The molecule has 3 atom stereocenters. The molecule has 3 N–H and O–H groups in total. The minimum atomic E-state index is -0.832. The maximum atomic E-state index is 11.9. The van der Waals surface area contributed by atoms with Gasteiger partial charge in [-0.2, -0.15) is 0 Å². The Labute approximate surface area is 115 Å². The van der Waals surface area contributed by atoms with Crippen LogP contribution in [0.1, 0.15) is 39.0 Å². The Kier molecular flexibility index (Phi) is 3.86. The van der Waals surface area contributed by atoms with Crippen molar-refractivity contribution >= 4 is 0 Å². The Morgan fingerprint density at radius 3 is 2.60 bits per heavy atom. The van der Waals surface area contributed by atoms with E-state index < -0.39 is 35.1 Å². The summed E-state index contributed by atoms with van der Waals surface area (Å²) in [4.78, 5) is 26.0. The summed E-state index contributed by atoms with van der Waals surface area (Å²) >= 11 is 0. The molecule has 1 aromatic heterocycles. The molecule has 1 saturated heterocycles. The van der Waals surface area contributed by atoms with E-state index in [1.807, 2.05) is 20.8 Å². The first-order valence-electron chi connectivity index (χ1n) is 6.54. The third-order valence-electron chi connectivity index (χ3n) is 3.47. The first kappa shape index (κ1) is 15.0. The van der Waals surface area contributed by atoms with Crippen molar-refractivity contribution in [3.05, 3.63) is 32.6 Å². The van der Waals surface area contributed by atoms with Crippen LogP contribution in [0.4, 0.5) is 0 Å². The zero-order chi connectivity index (χ0) is 15.1. The monoisotopic (exact) mass is 284 g/mol. The molecule has 2 rings (SSSR count). The number of aromatic amines is 1. The molecular formula is C13H20N2O5. The Morgan fingerprint density at radius 2 is 2.10 bits per heavy atom. The van der Waals surface area contributed by atoms with E-state index in [0.717, 1.165) is 0 Å². The Hall–Kier alpha value is -1.44. The summed E-state index contributed by atoms with van der Waals surface area (Å²) in [6.07, 6.45) is -0.564. The molecule has 2 heterocycles. The van der Waals surface area contributed by atoms with Gasteiger partial charge in [0, 0.05) is 18.2 Å². The normalized spacial score (nSPS) is 26.9. The molecule has 0 saturated carbocycles. The van der Waals surface area contributed by atoms with Gasteiger partial charge in [0.25, 0.3) is 5.56 Å². The van der Waals surface area contributed by atoms with E-state index in [2.05, 4.69) is 4.98 Å². The molecule has 0 spiro atoms. The fourth-order valence-electron chi connectivity index (χ4n) is 2.28. The number of hydrogen-bond acceptors (Lipinski definition) is 5. The molecule has 0 aromatic carbocycles. The quantitative estimate of drug-likeness (QED) is 0.677. The molecule has 20 heavy (non-hydrogen) atoms. The third kappa shape index (κ3) is 2.70. The highest BCUT2D eigenvalue weighted by atomic mass is 16.5. The molecular weight excluding hydrogens is 264 g/mol. The number of aromatic nitrogens is 2. The van der Waals surface area contributed by atoms with Crippen LogP contribution >= 0.6 is 0 Å². The van der Waals surface area contributed by atoms with E-state index in [1.165, 1.54) is 10.8 Å². The van der Waals surface area contributed by atoms with Gasteiger partial charge in [-0.1, -0.05) is 20.8 Å². The van der Waals surface area contributed by atoms with Crippen LogP contribution in [-0.2, 0) is 10.2 Å². The van der Waals surface area contributed by atoms with Gasteiger partial charge in [0.2, 0.25) is 0 Å². The van der Waals surface area contributed by atoms with E-state index >= 15 is 0 Å². The van der Waals surface area contributed by atoms with Crippen molar-refractivity contribution in [2.75, 3.05) is 6.61 Å². The summed E-state index contributed by atoms with van der Waals surface area (Å²) < 4.78 is 6.70. The number of nitrogens with one attached hydrogen (secondary N) is 1. The van der Waals surface area contributed by atoms with Crippen LogP contribution in [0.15, 0.2) is 15.8 Å². The molecule has 1 fully saturated rings. The molecule has 0 radical (unpaired) electrons. The van der Waals surface area contributed by atoms with E-state index in [0.29, 0.717) is 5.56 Å². The third-order valence-corrected chi connectivity index (χ3v) is 3.47. The van der Waals surface area contributed by atoms with Crippen LogP contribution in [0.2, 0.25) is 0 Å². The van der Waals surface area contributed by atoms with Gasteiger partial charge < -0.3 is 14.9 Å². The van der Waals surface area contributed by atoms with Gasteiger partial charge >= 0.3 is 5.69 Å². The average Bonchev–Trinajstić information content (AvgIpc) is 2.68. The highest BCUT2D eigenvalue weighted by Gasteiger charge is 2.35. The van der Waals surface area contributed by atoms with E-state index in [-0.39, 0.29) is 13.0 Å². The van der Waals surface area contributed by atoms with E-state index in [9.17, 15) is 14.7 Å². The average molecular weight is 284 g/mol. The maximum Gasteiger partial charge on any atom is 0.330 e. The van der Waals surface area contributed by atoms with Crippen LogP contribution < -0.4 is 11.2 Å². The first-order valence-corrected chi connectivity index (χ1v) is 6.54. The van der Waals surface area contributed by atoms with Gasteiger partial charge in [-0.25, -0.2) is 4.79 Å². The molecule has 0 bridgehead atoms. The van der Waals surface area contributed by atoms with Gasteiger partial charge in [0.15, 0.2) is 0 Å². The standard InChI is InChI=1S/C13H20N2O5/c1-13(2,3)7-5-15(12(19)14-11(7)18)10-4-8(17)9(6-16)20-10/h5,8-10,16-17H,4,6H2,1-3H3,(H,14,18,19)/t8?,9-,10-/m1/s1. The predicted octanol–water partition coefficient (Wildman–Crippen LogP) is -0.525. The maximum absolute atomic E-state index is 11.9. The molecule has 0 amide bonds. The van der Waals surface area contributed by atoms with Gasteiger partial charge in [-0.15, -0.1) is 0 Å². The van der Waals surface area contributed by atoms with Gasteiger partial charge in [0.05, 0.1) is 12.7 Å². The van der Waals surface area contributed by atoms with Crippen molar-refractivity contribution in [3.8, 4) is 0 Å². The molecule has 1 aromatic rings. The van der Waals surface area contributed by atoms with Crippen molar-refractivity contribution in [2.45, 2.75) is 51.0 Å². The van der Waals surface area contributed by atoms with Crippen LogP contribution in [0, 0.1) is 0 Å². The number of nitrogens with zero attached hydrogens (tertiary/aromatic N) is 1. The van der Waals surface area contributed by atoms with Crippen molar-refractivity contribution < 1.29 is 14.9 Å². The number of ether oxygens (including phenoxy) is 1. The summed E-state index contributed by atoms with van der Waals surface area (Å²) in [5, 5.41) is 18.8. The molecule has 112 valence electrons. The van der Waals surface area contributed by atoms with E-state index in [1.54, 1.807) is 0 Å². The van der Waals surface area contributed by atoms with Gasteiger partial charge in [-0.05, 0) is 5.41 Å². The number of rotatable bonds is 2. The first-order chi connectivity index (χ1) is 9.24. The zero-order valence-electron chi connectivity index (χ0n) is 11.8. The van der Waals surface area contributed by atoms with Crippen LogP contribution in [-0.4, -0.2) is 38.6 Å². The summed E-state index contributed by atoms with van der Waals surface area (Å²) in [6, 6.07) is 0. The second-order valence-electron chi connectivity index (χ2n) is 6.07. The number of hydrogen-bond donors (Lipinski definition) is 3. The number of H-pyrrole nitrogens is 1. The summed E-state index contributed by atoms with van der Waals surface area (Å²) in [6.45, 7) is 5.29. The molecule has 1 aliphatic heterocycles. The molecule has 1 unspecified atom stereocenters. The van der Waals surface area contributed by atoms with E-state index in [4.69, 9.17) is 9.84 Å². The topological polar surface area (TPSA) is 105 Å². The zero-order valence-corrected chi connectivity index (χ0v) is 11.8. The van der Waals surface area contributed by atoms with Gasteiger partial charge in [-0.3, -0.25) is 14.3 Å². The summed E-state index contributed by atoms with van der Waals surface area (Å²) in [7, 11) is 0. The minimum absolute atomic E-state index is 0.195. The fraction of sp³-hybridized carbons (Fsp3) is 0.692. The lowest BCUT2D eigenvalue weighted by atomic mass is 9.89. The Morgan fingerprint density at radius 1 is 1.45 bits per heavy atom. The number of aliphatic hydroxyl groups excluding tert-OH is 2. The summed E-state index contributed by atoms with van der Waals surface area (Å²) in [5.74, 6) is 0. The Balaban J connectivity index is 2.43. The molecule has 7 heteroatoms. The molecule has 0 aliphatic carbocycles. The fourth-order valence-corrected chi connectivity index (χ4v) is 2.28. The van der Waals surface area contributed by atoms with Crippen LogP contribution in [0.5, 0.6) is 0 Å². The molecule has 7 nitrogen and oxygen atoms in total. The van der Waals surface area contributed by atoms with Crippen molar-refractivity contribution in [1.82, 2.24) is 9.55 Å². The Bertz CT molecular complexity index is 598. The second-order valence-corrected chi connectivity index (χ2v) is 6.07. The lowest BCUT2D eigenvalue weighted by Crippen LogP contribution is -2.37. The minimum Gasteiger partial charge on any atom is -0.394 e. The number of aliphatic hydroxyl groups is 2. The lowest BCUT2D eigenvalue weighted by Gasteiger charge is -2.21. The van der Waals surface area contributed by atoms with Crippen molar-refractivity contribution in [1.29, 1.82) is 0 Å². The van der Waals surface area contributed by atoms with Gasteiger partial charge in [0.1, 0.15) is 12.3 Å². The van der Waals surface area contributed by atoms with Crippen LogP contribution in [0.25, 0.3) is 0 Å². The van der Waals surface area contributed by atoms with Crippen LogP contribution in [0.3, 0.4) is 0 Å². The smallest absolute Gasteiger partial charge is 0.330 e. The van der Waals surface area contributed by atoms with Crippen molar-refractivity contribution in [3.63, 3.8) is 0 Å². The largest absolute Gasteiger partial charge is 0.394 e. The SMILES string of the molecule is CC(C)(C)c1cn([C@H]2CC(O)[C@@H](CO)O2)c(=O)[nH]c1=O. The highest BCUT2D eigenvalue weighted by molar-refractivity contribution is 5.15. The summed E-state index contributed by atoms with van der Waals surface area (Å²) in [5.41, 5.74) is -0.964. The second kappa shape index (κ2) is 5.16. The molecule has 1 aliphatic rings. The van der Waals surface area contributed by atoms with Crippen molar-refractivity contribution in [2.24, 2.45) is 0 Å². The lowest BCUT2D eigenvalue weighted by molar-refractivity contribution is -0.0460.